The Hall–Kier alpha value is 1.51. The summed E-state index contributed by atoms with van der Waals surface area (Å²) in [7, 11) is -4.13. The molecule has 0 heterocycles. The summed E-state index contributed by atoms with van der Waals surface area (Å²) in [6.45, 7) is 4.22. The molecule has 0 aliphatic heterocycles. The van der Waals surface area contributed by atoms with Crippen molar-refractivity contribution in [2.24, 2.45) is 0 Å². The van der Waals surface area contributed by atoms with Crippen molar-refractivity contribution in [3.8, 4) is 0 Å². The van der Waals surface area contributed by atoms with Crippen molar-refractivity contribution >= 4 is 10.1 Å². The second-order valence-electron chi connectivity index (χ2n) is 7.81. The maximum atomic E-state index is 11.3. The smallest absolute Gasteiger partial charge is 0.748 e. The van der Waals surface area contributed by atoms with Crippen molar-refractivity contribution in [1.29, 1.82) is 0 Å². The summed E-state index contributed by atoms with van der Waals surface area (Å²) in [5, 5.41) is 9.25. The number of aliphatic hydroxyl groups excluding tert-OH is 1. The number of unbranched alkanes of at least 4 members (excludes halogenated alkanes) is 10. The fourth-order valence-corrected chi connectivity index (χ4v) is 4.36. The van der Waals surface area contributed by atoms with E-state index in [2.05, 4.69) is 6.92 Å². The van der Waals surface area contributed by atoms with E-state index in [1.807, 2.05) is 6.92 Å². The molecule has 0 spiro atoms. The first-order valence-corrected chi connectivity index (χ1v) is 12.5. The summed E-state index contributed by atoms with van der Waals surface area (Å²) >= 11 is 0. The first kappa shape index (κ1) is 30.7. The fourth-order valence-electron chi connectivity index (χ4n) is 3.45. The third-order valence-corrected chi connectivity index (χ3v) is 6.53. The van der Waals surface area contributed by atoms with Crippen LogP contribution in [0.15, 0.2) is 0 Å². The molecule has 158 valence electrons. The van der Waals surface area contributed by atoms with Crippen molar-refractivity contribution < 1.29 is 69.5 Å². The predicted octanol–water partition coefficient (Wildman–Crippen LogP) is 2.94. The minimum atomic E-state index is -4.13. The minimum Gasteiger partial charge on any atom is -0.748 e. The minimum absolute atomic E-state index is 0. The second kappa shape index (κ2) is 20.8. The Morgan fingerprint density at radius 3 is 1.48 bits per heavy atom. The third kappa shape index (κ3) is 20.6. The Kier molecular flexibility index (Phi) is 23.6. The van der Waals surface area contributed by atoms with Gasteiger partial charge in [-0.05, 0) is 25.7 Å². The second-order valence-corrected chi connectivity index (χ2v) is 9.46. The van der Waals surface area contributed by atoms with E-state index in [9.17, 15) is 18.1 Å². The van der Waals surface area contributed by atoms with Crippen LogP contribution in [0.25, 0.3) is 0 Å². The topological polar surface area (TPSA) is 77.4 Å². The van der Waals surface area contributed by atoms with Gasteiger partial charge >= 0.3 is 51.4 Å². The average molecular weight is 431 g/mol. The quantitative estimate of drug-likeness (QED) is 0.194. The van der Waals surface area contributed by atoms with Crippen molar-refractivity contribution in [2.45, 2.75) is 134 Å². The molecular weight excluding hydrogens is 387 g/mol. The van der Waals surface area contributed by atoms with E-state index in [0.29, 0.717) is 12.8 Å². The van der Waals surface area contributed by atoms with Crippen molar-refractivity contribution in [3.05, 3.63) is 0 Å². The summed E-state index contributed by atoms with van der Waals surface area (Å²) in [4.78, 5) is 0. The van der Waals surface area contributed by atoms with Gasteiger partial charge < -0.3 is 9.66 Å². The number of rotatable bonds is 19. The zero-order chi connectivity index (χ0) is 19.7. The van der Waals surface area contributed by atoms with Gasteiger partial charge in [0.25, 0.3) is 0 Å². The van der Waals surface area contributed by atoms with E-state index in [1.165, 1.54) is 32.1 Å². The molecule has 0 saturated heterocycles. The molecule has 0 saturated carbocycles. The Morgan fingerprint density at radius 2 is 1.04 bits per heavy atom. The fraction of sp³-hybridized carbons (Fsp3) is 1.00. The monoisotopic (exact) mass is 430 g/mol. The third-order valence-electron chi connectivity index (χ3n) is 5.24. The zero-order valence-corrected chi connectivity index (χ0v) is 22.2. The Balaban J connectivity index is 0. The van der Waals surface area contributed by atoms with Crippen LogP contribution in [-0.4, -0.2) is 29.4 Å². The van der Waals surface area contributed by atoms with Crippen LogP contribution < -0.4 is 51.4 Å². The van der Waals surface area contributed by atoms with Gasteiger partial charge in [-0.25, -0.2) is 8.42 Å². The first-order valence-electron chi connectivity index (χ1n) is 11.0. The zero-order valence-electron chi connectivity index (χ0n) is 18.3. The molecule has 2 atom stereocenters. The molecule has 0 aromatic carbocycles. The number of aliphatic hydroxyl groups is 1. The predicted molar refractivity (Wildman–Crippen MR) is 109 cm³/mol. The first-order chi connectivity index (χ1) is 12.4. The number of hydrogen-bond acceptors (Lipinski definition) is 4. The van der Waals surface area contributed by atoms with Gasteiger partial charge in [0.15, 0.2) is 0 Å². The molecule has 0 aromatic rings. The molecule has 1 N–H and O–H groups in total. The van der Waals surface area contributed by atoms with E-state index >= 15 is 0 Å². The molecule has 0 bridgehead atoms. The summed E-state index contributed by atoms with van der Waals surface area (Å²) in [6.07, 6.45) is 17.0. The van der Waals surface area contributed by atoms with Crippen molar-refractivity contribution in [1.82, 2.24) is 0 Å². The van der Waals surface area contributed by atoms with E-state index in [-0.39, 0.29) is 57.5 Å². The number of hydrogen-bond donors (Lipinski definition) is 1. The standard InChI is InChI=1S/C21H44O4S.K/c1-3-5-7-13-16-20(22)17-14-11-9-8-10-12-15-19-21(18-6-4-2)26(23,24)25;/h20-22H,3-19H2,1-2H3,(H,23,24,25);/q;+1/p-1. The van der Waals surface area contributed by atoms with Crippen LogP contribution in [-0.2, 0) is 10.1 Å². The molecule has 4 nitrogen and oxygen atoms in total. The summed E-state index contributed by atoms with van der Waals surface area (Å²) in [5.41, 5.74) is 0. The molecule has 0 radical (unpaired) electrons. The molecule has 0 rings (SSSR count). The van der Waals surface area contributed by atoms with E-state index in [4.69, 9.17) is 0 Å². The van der Waals surface area contributed by atoms with Crippen LogP contribution in [0.4, 0.5) is 0 Å². The Labute approximate surface area is 211 Å². The molecule has 0 aliphatic carbocycles. The molecule has 6 heteroatoms. The van der Waals surface area contributed by atoms with Gasteiger partial charge in [0, 0.05) is 5.25 Å². The van der Waals surface area contributed by atoms with Crippen LogP contribution in [0, 0.1) is 0 Å². The van der Waals surface area contributed by atoms with Gasteiger partial charge in [0.05, 0.1) is 16.2 Å². The van der Waals surface area contributed by atoms with Gasteiger partial charge in [0.2, 0.25) is 0 Å². The summed E-state index contributed by atoms with van der Waals surface area (Å²) in [6, 6.07) is 0. The molecule has 0 fully saturated rings. The van der Waals surface area contributed by atoms with Gasteiger partial charge in [-0.1, -0.05) is 97.3 Å². The summed E-state index contributed by atoms with van der Waals surface area (Å²) in [5.74, 6) is 0. The molecule has 27 heavy (non-hydrogen) atoms. The Bertz CT molecular complexity index is 401. The molecule has 2 unspecified atom stereocenters. The average Bonchev–Trinajstić information content (AvgIpc) is 2.58. The van der Waals surface area contributed by atoms with Crippen LogP contribution in [0.3, 0.4) is 0 Å². The van der Waals surface area contributed by atoms with Crippen molar-refractivity contribution in [2.75, 3.05) is 0 Å². The molecule has 0 aromatic heterocycles. The van der Waals surface area contributed by atoms with E-state index < -0.39 is 15.4 Å². The maximum absolute atomic E-state index is 11.3. The van der Waals surface area contributed by atoms with Crippen LogP contribution >= 0.6 is 0 Å². The van der Waals surface area contributed by atoms with Gasteiger partial charge in [0.1, 0.15) is 0 Å². The molecular formula is C21H43KO4S. The molecule has 0 amide bonds. The van der Waals surface area contributed by atoms with Crippen LogP contribution in [0.1, 0.15) is 123 Å². The van der Waals surface area contributed by atoms with E-state index in [0.717, 1.165) is 64.2 Å². The van der Waals surface area contributed by atoms with Crippen LogP contribution in [0.5, 0.6) is 0 Å². The molecule has 0 aliphatic rings. The van der Waals surface area contributed by atoms with Crippen molar-refractivity contribution in [3.63, 3.8) is 0 Å². The summed E-state index contributed by atoms with van der Waals surface area (Å²) < 4.78 is 33.8. The maximum Gasteiger partial charge on any atom is 1.00 e. The van der Waals surface area contributed by atoms with Crippen LogP contribution in [0.2, 0.25) is 0 Å². The van der Waals surface area contributed by atoms with Gasteiger partial charge in [-0.3, -0.25) is 0 Å². The largest absolute Gasteiger partial charge is 1.00 e. The normalized spacial score (nSPS) is 13.9. The SMILES string of the molecule is CCCCCCC(O)CCCCCCCCCC(CCCC)S(=O)(=O)[O-].[K+]. The van der Waals surface area contributed by atoms with Gasteiger partial charge in [-0.15, -0.1) is 0 Å². The van der Waals surface area contributed by atoms with Gasteiger partial charge in [-0.2, -0.15) is 0 Å². The Morgan fingerprint density at radius 1 is 0.667 bits per heavy atom. The van der Waals surface area contributed by atoms with E-state index in [1.54, 1.807) is 0 Å².